The molecule has 0 aliphatic rings. The van der Waals surface area contributed by atoms with Crippen LogP contribution >= 0.6 is 11.3 Å². The van der Waals surface area contributed by atoms with Gasteiger partial charge in [0.25, 0.3) is 5.91 Å². The maximum Gasteiger partial charge on any atom is 0.309 e. The summed E-state index contributed by atoms with van der Waals surface area (Å²) in [5.74, 6) is -1.19. The summed E-state index contributed by atoms with van der Waals surface area (Å²) >= 11 is 1.34. The van der Waals surface area contributed by atoms with E-state index in [0.29, 0.717) is 24.3 Å². The topological polar surface area (TPSA) is 120 Å². The minimum Gasteiger partial charge on any atom is -0.481 e. The van der Waals surface area contributed by atoms with E-state index in [2.05, 4.69) is 38.0 Å². The second kappa shape index (κ2) is 16.9. The van der Waals surface area contributed by atoms with Gasteiger partial charge in [0.15, 0.2) is 0 Å². The predicted molar refractivity (Wildman–Crippen MR) is 154 cm³/mol. The van der Waals surface area contributed by atoms with Gasteiger partial charge in [-0.2, -0.15) is 0 Å². The molecule has 0 aromatic carbocycles. The van der Waals surface area contributed by atoms with Gasteiger partial charge >= 0.3 is 5.97 Å². The van der Waals surface area contributed by atoms with Crippen molar-refractivity contribution in [1.29, 1.82) is 0 Å². The van der Waals surface area contributed by atoms with Crippen molar-refractivity contribution in [1.82, 2.24) is 15.2 Å². The van der Waals surface area contributed by atoms with E-state index in [1.54, 1.807) is 26.2 Å². The highest BCUT2D eigenvalue weighted by Crippen LogP contribution is 2.32. The van der Waals surface area contributed by atoms with Crippen LogP contribution in [0.2, 0.25) is 0 Å². The molecule has 3 atom stereocenters. The first-order valence-electron chi connectivity index (χ1n) is 14.3. The van der Waals surface area contributed by atoms with Crippen LogP contribution in [-0.4, -0.2) is 63.1 Å². The zero-order valence-corrected chi connectivity index (χ0v) is 25.4. The van der Waals surface area contributed by atoms with Gasteiger partial charge < -0.3 is 20.4 Å². The fourth-order valence-electron chi connectivity index (χ4n) is 4.43. The number of hydrogen-bond acceptors (Lipinski definition) is 6. The Labute approximate surface area is 233 Å². The van der Waals surface area contributed by atoms with Crippen molar-refractivity contribution in [2.75, 3.05) is 13.1 Å². The molecule has 3 unspecified atom stereocenters. The number of nitrogens with zero attached hydrogens (tertiary/aromatic N) is 2. The standard InChI is InChI=1S/C29H51N3O5S/c1-8-10-12-13-17-32(25(34)14-11-9-2)24(20(3)4)18-22(21(5)33)27-31-23(19-38-27)26(35)30-16-15-29(6,7)28(36)37/h19-22,24,33H,8-18H2,1-7H3,(H,30,35)(H,36,37). The fourth-order valence-corrected chi connectivity index (χ4v) is 5.44. The van der Waals surface area contributed by atoms with Gasteiger partial charge in [-0.1, -0.05) is 53.4 Å². The second-order valence-corrected chi connectivity index (χ2v) is 12.3. The lowest BCUT2D eigenvalue weighted by molar-refractivity contribution is -0.147. The molecule has 218 valence electrons. The Bertz CT molecular complexity index is 868. The monoisotopic (exact) mass is 553 g/mol. The molecule has 38 heavy (non-hydrogen) atoms. The molecular weight excluding hydrogens is 502 g/mol. The van der Waals surface area contributed by atoms with Crippen molar-refractivity contribution < 1.29 is 24.6 Å². The number of nitrogens with one attached hydrogen (secondary N) is 1. The van der Waals surface area contributed by atoms with E-state index >= 15 is 0 Å². The fraction of sp³-hybridized carbons (Fsp3) is 0.793. The largest absolute Gasteiger partial charge is 0.481 e. The molecule has 8 nitrogen and oxygen atoms in total. The number of aromatic nitrogens is 1. The molecule has 1 aromatic rings. The average Bonchev–Trinajstić information content (AvgIpc) is 3.33. The second-order valence-electron chi connectivity index (χ2n) is 11.4. The van der Waals surface area contributed by atoms with Gasteiger partial charge in [-0.05, 0) is 52.4 Å². The molecule has 0 saturated carbocycles. The van der Waals surface area contributed by atoms with Crippen LogP contribution in [0.1, 0.15) is 128 Å². The number of carbonyl (C=O) groups is 3. The van der Waals surface area contributed by atoms with Gasteiger partial charge in [-0.25, -0.2) is 4.98 Å². The number of rotatable bonds is 19. The molecule has 3 N–H and O–H groups in total. The lowest BCUT2D eigenvalue weighted by Crippen LogP contribution is -2.45. The molecule has 0 fully saturated rings. The number of aliphatic carboxylic acids is 1. The van der Waals surface area contributed by atoms with Gasteiger partial charge in [0.2, 0.25) is 5.91 Å². The number of carboxylic acids is 1. The summed E-state index contributed by atoms with van der Waals surface area (Å²) in [5.41, 5.74) is -0.666. The van der Waals surface area contributed by atoms with E-state index in [9.17, 15) is 24.6 Å². The summed E-state index contributed by atoms with van der Waals surface area (Å²) in [6.45, 7) is 14.4. The first kappa shape index (κ1) is 34.0. The number of thiazole rings is 1. The van der Waals surface area contributed by atoms with E-state index < -0.39 is 17.5 Å². The molecule has 9 heteroatoms. The third-order valence-corrected chi connectivity index (χ3v) is 8.23. The zero-order chi connectivity index (χ0) is 28.9. The lowest BCUT2D eigenvalue weighted by Gasteiger charge is -2.37. The summed E-state index contributed by atoms with van der Waals surface area (Å²) in [5, 5.41) is 25.1. The molecule has 0 saturated heterocycles. The molecule has 2 amide bonds. The smallest absolute Gasteiger partial charge is 0.309 e. The minimum atomic E-state index is -0.930. The summed E-state index contributed by atoms with van der Waals surface area (Å²) in [6.07, 6.45) is 6.90. The average molecular weight is 554 g/mol. The molecule has 0 spiro atoms. The number of aliphatic hydroxyl groups excluding tert-OH is 1. The van der Waals surface area contributed by atoms with E-state index in [-0.39, 0.29) is 41.9 Å². The first-order chi connectivity index (χ1) is 17.8. The van der Waals surface area contributed by atoms with Crippen molar-refractivity contribution in [3.05, 3.63) is 16.1 Å². The van der Waals surface area contributed by atoms with Crippen LogP contribution in [0.4, 0.5) is 0 Å². The van der Waals surface area contributed by atoms with E-state index in [1.165, 1.54) is 11.3 Å². The molecule has 0 radical (unpaired) electrons. The van der Waals surface area contributed by atoms with Crippen molar-refractivity contribution in [2.45, 2.75) is 124 Å². The third-order valence-electron chi connectivity index (χ3n) is 7.25. The molecule has 1 rings (SSSR count). The number of amides is 2. The highest BCUT2D eigenvalue weighted by Gasteiger charge is 2.33. The molecule has 1 aromatic heterocycles. The van der Waals surface area contributed by atoms with E-state index in [0.717, 1.165) is 45.1 Å². The zero-order valence-electron chi connectivity index (χ0n) is 24.6. The van der Waals surface area contributed by atoms with Gasteiger partial charge in [0.05, 0.1) is 16.5 Å². The summed E-state index contributed by atoms with van der Waals surface area (Å²) in [7, 11) is 0. The van der Waals surface area contributed by atoms with Crippen LogP contribution < -0.4 is 5.32 Å². The van der Waals surface area contributed by atoms with Crippen LogP contribution in [0, 0.1) is 11.3 Å². The van der Waals surface area contributed by atoms with Gasteiger partial charge in [-0.15, -0.1) is 11.3 Å². The maximum absolute atomic E-state index is 13.3. The molecule has 0 aliphatic carbocycles. The molecule has 0 aliphatic heterocycles. The highest BCUT2D eigenvalue weighted by atomic mass is 32.1. The third kappa shape index (κ3) is 11.0. The Morgan fingerprint density at radius 1 is 1.08 bits per heavy atom. The predicted octanol–water partition coefficient (Wildman–Crippen LogP) is 5.85. The highest BCUT2D eigenvalue weighted by molar-refractivity contribution is 7.09. The van der Waals surface area contributed by atoms with Crippen LogP contribution in [0.15, 0.2) is 5.38 Å². The Morgan fingerprint density at radius 2 is 1.74 bits per heavy atom. The minimum absolute atomic E-state index is 0.0417. The van der Waals surface area contributed by atoms with Crippen LogP contribution in [0.5, 0.6) is 0 Å². The Hall–Kier alpha value is -2.00. The van der Waals surface area contributed by atoms with Gasteiger partial charge in [-0.3, -0.25) is 14.4 Å². The molecular formula is C29H51N3O5S. The van der Waals surface area contributed by atoms with Crippen LogP contribution in [-0.2, 0) is 9.59 Å². The van der Waals surface area contributed by atoms with Crippen molar-refractivity contribution >= 4 is 29.1 Å². The summed E-state index contributed by atoms with van der Waals surface area (Å²) in [6, 6.07) is -0.0417. The number of carbonyl (C=O) groups excluding carboxylic acids is 2. The lowest BCUT2D eigenvalue weighted by atomic mass is 9.88. The van der Waals surface area contributed by atoms with Gasteiger partial charge in [0, 0.05) is 36.9 Å². The Balaban J connectivity index is 3.04. The Kier molecular flexibility index (Phi) is 15.1. The molecule has 1 heterocycles. The maximum atomic E-state index is 13.3. The normalized spacial score (nSPS) is 14.2. The molecule has 0 bridgehead atoms. The first-order valence-corrected chi connectivity index (χ1v) is 15.2. The number of hydrogen-bond donors (Lipinski definition) is 3. The van der Waals surface area contributed by atoms with Gasteiger partial charge in [0.1, 0.15) is 5.69 Å². The number of unbranched alkanes of at least 4 members (excludes halogenated alkanes) is 4. The van der Waals surface area contributed by atoms with E-state index in [4.69, 9.17) is 0 Å². The summed E-state index contributed by atoms with van der Waals surface area (Å²) < 4.78 is 0. The van der Waals surface area contributed by atoms with Crippen molar-refractivity contribution in [2.24, 2.45) is 11.3 Å². The number of carboxylic acid groups (broad SMARTS) is 1. The van der Waals surface area contributed by atoms with E-state index in [1.807, 2.05) is 4.90 Å². The quantitative estimate of drug-likeness (QED) is 0.185. The Morgan fingerprint density at radius 3 is 2.29 bits per heavy atom. The van der Waals surface area contributed by atoms with Crippen molar-refractivity contribution in [3.8, 4) is 0 Å². The van der Waals surface area contributed by atoms with Crippen LogP contribution in [0.25, 0.3) is 0 Å². The van der Waals surface area contributed by atoms with Crippen LogP contribution in [0.3, 0.4) is 0 Å². The summed E-state index contributed by atoms with van der Waals surface area (Å²) in [4.78, 5) is 43.8. The van der Waals surface area contributed by atoms with Crippen molar-refractivity contribution in [3.63, 3.8) is 0 Å². The number of aliphatic hydroxyl groups is 1. The SMILES string of the molecule is CCCCCCN(C(=O)CCCC)C(CC(c1nc(C(=O)NCCC(C)(C)C(=O)O)cs1)C(C)O)C(C)C.